The number of carbonyl (C=O) groups is 3. The highest BCUT2D eigenvalue weighted by Gasteiger charge is 2.16. The molecule has 0 aliphatic heterocycles. The number of hydrogen-bond acceptors (Lipinski definition) is 4. The average molecular weight is 622 g/mol. The number of carbonyl (C=O) groups excluding carboxylic acids is 3. The molecule has 0 heterocycles. The first kappa shape index (κ1) is 28.1. The fourth-order valence-corrected chi connectivity index (χ4v) is 5.32. The summed E-state index contributed by atoms with van der Waals surface area (Å²) >= 11 is 4.78. The molecule has 0 atom stereocenters. The lowest BCUT2D eigenvalue weighted by Crippen LogP contribution is -2.30. The highest BCUT2D eigenvalue weighted by atomic mass is 79.9. The second-order valence-corrected chi connectivity index (χ2v) is 11.1. The number of amides is 2. The second-order valence-electron chi connectivity index (χ2n) is 9.15. The number of ketones is 1. The molecule has 0 saturated heterocycles. The van der Waals surface area contributed by atoms with E-state index in [4.69, 9.17) is 0 Å². The first-order chi connectivity index (χ1) is 20.0. The second kappa shape index (κ2) is 13.3. The molecule has 41 heavy (non-hydrogen) atoms. The first-order valence-corrected chi connectivity index (χ1v) is 14.6. The lowest BCUT2D eigenvalue weighted by Gasteiger charge is -2.13. The van der Waals surface area contributed by atoms with E-state index in [1.807, 2.05) is 78.9 Å². The van der Waals surface area contributed by atoms with Crippen molar-refractivity contribution in [2.45, 2.75) is 4.90 Å². The number of anilines is 1. The van der Waals surface area contributed by atoms with Crippen molar-refractivity contribution in [2.75, 3.05) is 11.1 Å². The molecular formula is C34H25BrN2O3S. The molecule has 0 aromatic heterocycles. The minimum Gasteiger partial charge on any atom is -0.321 e. The van der Waals surface area contributed by atoms with Crippen LogP contribution in [0.3, 0.4) is 0 Å². The third kappa shape index (κ3) is 7.39. The van der Waals surface area contributed by atoms with Gasteiger partial charge in [0.1, 0.15) is 5.70 Å². The number of benzene rings is 5. The van der Waals surface area contributed by atoms with Crippen molar-refractivity contribution in [3.05, 3.63) is 148 Å². The lowest BCUT2D eigenvalue weighted by atomic mass is 10.0. The zero-order valence-electron chi connectivity index (χ0n) is 21.8. The molecule has 5 rings (SSSR count). The Hall–Kier alpha value is -4.46. The number of nitrogens with one attached hydrogen (secondary N) is 2. The van der Waals surface area contributed by atoms with Gasteiger partial charge in [0.2, 0.25) is 0 Å². The standard InChI is InChI=1S/C34H25BrN2O3S/c35-27-18-16-24(17-19-27)32(38)22-41-29-14-7-13-28(21-29)36-34(40)31(37-33(39)25-9-2-1-3-10-25)20-26-12-6-11-23-8-4-5-15-30(23)26/h1-21H,22H2,(H,36,40)(H,37,39)/b31-20-. The molecule has 5 aromatic rings. The summed E-state index contributed by atoms with van der Waals surface area (Å²) in [7, 11) is 0. The molecule has 0 aliphatic rings. The Morgan fingerprint density at radius 2 is 1.44 bits per heavy atom. The van der Waals surface area contributed by atoms with Gasteiger partial charge in [0.15, 0.2) is 5.78 Å². The minimum atomic E-state index is -0.463. The van der Waals surface area contributed by atoms with Gasteiger partial charge in [-0.05, 0) is 64.9 Å². The summed E-state index contributed by atoms with van der Waals surface area (Å²) in [4.78, 5) is 40.0. The molecule has 0 spiro atoms. The van der Waals surface area contributed by atoms with Gasteiger partial charge in [-0.2, -0.15) is 0 Å². The van der Waals surface area contributed by atoms with Crippen molar-refractivity contribution in [3.63, 3.8) is 0 Å². The molecule has 0 radical (unpaired) electrons. The molecule has 0 bridgehead atoms. The van der Waals surface area contributed by atoms with Crippen LogP contribution in [0.25, 0.3) is 16.8 Å². The van der Waals surface area contributed by atoms with E-state index in [9.17, 15) is 14.4 Å². The maximum atomic E-state index is 13.6. The van der Waals surface area contributed by atoms with Gasteiger partial charge in [-0.3, -0.25) is 14.4 Å². The van der Waals surface area contributed by atoms with E-state index >= 15 is 0 Å². The maximum Gasteiger partial charge on any atom is 0.272 e. The average Bonchev–Trinajstić information content (AvgIpc) is 3.00. The molecule has 2 amide bonds. The summed E-state index contributed by atoms with van der Waals surface area (Å²) in [5.41, 5.74) is 2.55. The van der Waals surface area contributed by atoms with Gasteiger partial charge >= 0.3 is 0 Å². The van der Waals surface area contributed by atoms with Crippen molar-refractivity contribution < 1.29 is 14.4 Å². The third-order valence-corrected chi connectivity index (χ3v) is 7.80. The van der Waals surface area contributed by atoms with Gasteiger partial charge in [-0.25, -0.2) is 0 Å². The third-order valence-electron chi connectivity index (χ3n) is 6.28. The van der Waals surface area contributed by atoms with E-state index in [0.29, 0.717) is 16.8 Å². The molecule has 7 heteroatoms. The van der Waals surface area contributed by atoms with Crippen molar-refractivity contribution >= 4 is 67.8 Å². The van der Waals surface area contributed by atoms with Crippen LogP contribution >= 0.6 is 27.7 Å². The largest absolute Gasteiger partial charge is 0.321 e. The Morgan fingerprint density at radius 1 is 0.732 bits per heavy atom. The predicted octanol–water partition coefficient (Wildman–Crippen LogP) is 7.99. The van der Waals surface area contributed by atoms with E-state index in [1.54, 1.807) is 48.5 Å². The zero-order valence-corrected chi connectivity index (χ0v) is 24.2. The molecule has 5 aromatic carbocycles. The minimum absolute atomic E-state index is 0.0147. The number of thioether (sulfide) groups is 1. The molecule has 0 unspecified atom stereocenters. The van der Waals surface area contributed by atoms with Crippen LogP contribution in [0.2, 0.25) is 0 Å². The van der Waals surface area contributed by atoms with E-state index in [2.05, 4.69) is 26.6 Å². The quantitative estimate of drug-likeness (QED) is 0.0995. The van der Waals surface area contributed by atoms with Crippen molar-refractivity contribution in [1.29, 1.82) is 0 Å². The van der Waals surface area contributed by atoms with Crippen LogP contribution in [0.5, 0.6) is 0 Å². The summed E-state index contributed by atoms with van der Waals surface area (Å²) in [6, 6.07) is 37.0. The number of rotatable bonds is 9. The van der Waals surface area contributed by atoms with E-state index in [1.165, 1.54) is 11.8 Å². The predicted molar refractivity (Wildman–Crippen MR) is 170 cm³/mol. The SMILES string of the molecule is O=C(Nc1cccc(SCC(=O)c2ccc(Br)cc2)c1)/C(=C/c1cccc2ccccc12)NC(=O)c1ccccc1. The molecule has 0 fully saturated rings. The molecule has 202 valence electrons. The van der Waals surface area contributed by atoms with Gasteiger partial charge in [-0.1, -0.05) is 94.8 Å². The highest BCUT2D eigenvalue weighted by molar-refractivity contribution is 9.10. The van der Waals surface area contributed by atoms with E-state index < -0.39 is 5.91 Å². The van der Waals surface area contributed by atoms with Gasteiger partial charge in [0, 0.05) is 26.2 Å². The molecule has 5 nitrogen and oxygen atoms in total. The normalized spacial score (nSPS) is 11.2. The van der Waals surface area contributed by atoms with Crippen molar-refractivity contribution in [1.82, 2.24) is 5.32 Å². The van der Waals surface area contributed by atoms with Crippen molar-refractivity contribution in [2.24, 2.45) is 0 Å². The smallest absolute Gasteiger partial charge is 0.272 e. The van der Waals surface area contributed by atoms with E-state index in [0.717, 1.165) is 25.7 Å². The maximum absolute atomic E-state index is 13.6. The number of halogens is 1. The summed E-state index contributed by atoms with van der Waals surface area (Å²) in [6.07, 6.45) is 1.69. The topological polar surface area (TPSA) is 75.3 Å². The molecule has 0 aliphatic carbocycles. The molecule has 0 saturated carbocycles. The Balaban J connectivity index is 1.36. The lowest BCUT2D eigenvalue weighted by molar-refractivity contribution is -0.113. The fourth-order valence-electron chi connectivity index (χ4n) is 4.20. The van der Waals surface area contributed by atoms with Crippen LogP contribution in [-0.2, 0) is 4.79 Å². The molecule has 2 N–H and O–H groups in total. The number of Topliss-reactive ketones (excluding diaryl/α,β-unsaturated/α-hetero) is 1. The highest BCUT2D eigenvalue weighted by Crippen LogP contribution is 2.25. The van der Waals surface area contributed by atoms with Crippen molar-refractivity contribution in [3.8, 4) is 0 Å². The summed E-state index contributed by atoms with van der Waals surface area (Å²) in [6.45, 7) is 0. The van der Waals surface area contributed by atoms with Gasteiger partial charge in [0.25, 0.3) is 11.8 Å². The fraction of sp³-hybridized carbons (Fsp3) is 0.0294. The molecular weight excluding hydrogens is 596 g/mol. The first-order valence-electron chi connectivity index (χ1n) is 12.8. The van der Waals surface area contributed by atoms with Crippen LogP contribution < -0.4 is 10.6 Å². The monoisotopic (exact) mass is 620 g/mol. The Kier molecular flexibility index (Phi) is 9.08. The van der Waals surface area contributed by atoms with E-state index in [-0.39, 0.29) is 23.1 Å². The Morgan fingerprint density at radius 3 is 2.24 bits per heavy atom. The zero-order chi connectivity index (χ0) is 28.6. The Bertz CT molecular complexity index is 1750. The number of fused-ring (bicyclic) bond motifs is 1. The van der Waals surface area contributed by atoms with Gasteiger partial charge in [0.05, 0.1) is 5.75 Å². The summed E-state index contributed by atoms with van der Waals surface area (Å²) < 4.78 is 0.916. The Labute approximate surface area is 250 Å². The number of hydrogen-bond donors (Lipinski definition) is 2. The van der Waals surface area contributed by atoms with Crippen LogP contribution in [0.1, 0.15) is 26.3 Å². The summed E-state index contributed by atoms with van der Waals surface area (Å²) in [5.74, 6) is -0.572. The van der Waals surface area contributed by atoms with Crippen LogP contribution in [0.15, 0.2) is 136 Å². The van der Waals surface area contributed by atoms with Crippen LogP contribution in [0.4, 0.5) is 5.69 Å². The van der Waals surface area contributed by atoms with Gasteiger partial charge < -0.3 is 10.6 Å². The summed E-state index contributed by atoms with van der Waals surface area (Å²) in [5, 5.41) is 7.69. The van der Waals surface area contributed by atoms with Crippen LogP contribution in [-0.4, -0.2) is 23.4 Å². The van der Waals surface area contributed by atoms with Gasteiger partial charge in [-0.15, -0.1) is 11.8 Å². The van der Waals surface area contributed by atoms with Crippen LogP contribution in [0, 0.1) is 0 Å².